The minimum atomic E-state index is 0.369. The molecule has 0 amide bonds. The molecule has 3 aromatic rings. The van der Waals surface area contributed by atoms with Crippen LogP contribution in [-0.4, -0.2) is 15.0 Å². The van der Waals surface area contributed by atoms with Gasteiger partial charge in [-0.1, -0.05) is 41.9 Å². The van der Waals surface area contributed by atoms with E-state index in [4.69, 9.17) is 17.3 Å². The largest absolute Gasteiger partial charge is 0.384 e. The predicted octanol–water partition coefficient (Wildman–Crippen LogP) is 2.86. The van der Waals surface area contributed by atoms with Gasteiger partial charge in [0.25, 0.3) is 0 Å². The Labute approximate surface area is 102 Å². The molecule has 0 saturated carbocycles. The Morgan fingerprint density at radius 2 is 1.88 bits per heavy atom. The number of hydrogen-bond acceptors (Lipinski definition) is 3. The van der Waals surface area contributed by atoms with E-state index >= 15 is 0 Å². The van der Waals surface area contributed by atoms with Gasteiger partial charge in [-0.2, -0.15) is 0 Å². The summed E-state index contributed by atoms with van der Waals surface area (Å²) in [5, 5.41) is 0.530. The van der Waals surface area contributed by atoms with Gasteiger partial charge in [0.05, 0.1) is 5.02 Å². The van der Waals surface area contributed by atoms with Crippen LogP contribution in [-0.2, 0) is 0 Å². The lowest BCUT2D eigenvalue weighted by Crippen LogP contribution is -1.89. The molecule has 0 atom stereocenters. The zero-order valence-corrected chi connectivity index (χ0v) is 9.57. The van der Waals surface area contributed by atoms with Crippen LogP contribution in [0.1, 0.15) is 0 Å². The number of nitrogen functional groups attached to an aromatic ring is 1. The minimum absolute atomic E-state index is 0.369. The summed E-state index contributed by atoms with van der Waals surface area (Å²) < 4.78 is 0. The number of pyridine rings is 1. The molecule has 0 saturated heterocycles. The van der Waals surface area contributed by atoms with E-state index in [1.165, 1.54) is 0 Å². The monoisotopic (exact) mass is 244 g/mol. The lowest BCUT2D eigenvalue weighted by molar-refractivity contribution is 1.30. The first-order valence-corrected chi connectivity index (χ1v) is 5.49. The van der Waals surface area contributed by atoms with Crippen LogP contribution in [0.3, 0.4) is 0 Å². The van der Waals surface area contributed by atoms with Gasteiger partial charge in [-0.25, -0.2) is 9.97 Å². The maximum Gasteiger partial charge on any atom is 0.181 e. The molecule has 5 heteroatoms. The van der Waals surface area contributed by atoms with Crippen molar-refractivity contribution in [1.29, 1.82) is 0 Å². The third kappa shape index (κ3) is 1.72. The summed E-state index contributed by atoms with van der Waals surface area (Å²) in [6.07, 6.45) is 0. The highest BCUT2D eigenvalue weighted by molar-refractivity contribution is 6.35. The summed E-state index contributed by atoms with van der Waals surface area (Å²) in [5.41, 5.74) is 7.85. The van der Waals surface area contributed by atoms with Gasteiger partial charge in [-0.15, -0.1) is 0 Å². The smallest absolute Gasteiger partial charge is 0.181 e. The summed E-state index contributed by atoms with van der Waals surface area (Å²) >= 11 is 6.07. The number of aromatic nitrogens is 3. The van der Waals surface area contributed by atoms with Crippen LogP contribution in [0.25, 0.3) is 22.6 Å². The number of hydrogen-bond donors (Lipinski definition) is 2. The molecule has 0 unspecified atom stereocenters. The van der Waals surface area contributed by atoms with Crippen LogP contribution in [0, 0.1) is 0 Å². The van der Waals surface area contributed by atoms with Crippen molar-refractivity contribution in [2.45, 2.75) is 0 Å². The number of imidazole rings is 1. The number of H-pyrrole nitrogens is 1. The molecular weight excluding hydrogens is 236 g/mol. The van der Waals surface area contributed by atoms with Crippen molar-refractivity contribution >= 4 is 28.6 Å². The third-order valence-electron chi connectivity index (χ3n) is 2.48. The van der Waals surface area contributed by atoms with Gasteiger partial charge in [0, 0.05) is 11.6 Å². The minimum Gasteiger partial charge on any atom is -0.384 e. The van der Waals surface area contributed by atoms with Crippen LogP contribution in [0.15, 0.2) is 36.4 Å². The highest BCUT2D eigenvalue weighted by Gasteiger charge is 2.09. The summed E-state index contributed by atoms with van der Waals surface area (Å²) in [6.45, 7) is 0. The average Bonchev–Trinajstić information content (AvgIpc) is 2.74. The second-order valence-corrected chi connectivity index (χ2v) is 4.09. The summed E-state index contributed by atoms with van der Waals surface area (Å²) in [7, 11) is 0. The number of halogens is 1. The number of fused-ring (bicyclic) bond motifs is 1. The fourth-order valence-corrected chi connectivity index (χ4v) is 1.94. The quantitative estimate of drug-likeness (QED) is 0.692. The standard InChI is InChI=1S/C12H9ClN4/c13-8-6-9(14)15-12-10(8)16-11(17-12)7-4-2-1-3-5-7/h1-6H,(H3,14,15,16,17). The molecule has 4 nitrogen and oxygen atoms in total. The number of nitrogens with one attached hydrogen (secondary N) is 1. The molecule has 0 radical (unpaired) electrons. The Balaban J connectivity index is 2.24. The molecule has 0 aliphatic carbocycles. The van der Waals surface area contributed by atoms with Crippen LogP contribution in [0.2, 0.25) is 5.02 Å². The second-order valence-electron chi connectivity index (χ2n) is 3.68. The Kier molecular flexibility index (Phi) is 2.23. The van der Waals surface area contributed by atoms with E-state index in [-0.39, 0.29) is 0 Å². The second kappa shape index (κ2) is 3.75. The molecule has 17 heavy (non-hydrogen) atoms. The van der Waals surface area contributed by atoms with Gasteiger partial charge >= 0.3 is 0 Å². The predicted molar refractivity (Wildman–Crippen MR) is 68.7 cm³/mol. The van der Waals surface area contributed by atoms with E-state index in [0.29, 0.717) is 22.0 Å². The molecule has 0 aliphatic heterocycles. The first kappa shape index (κ1) is 10.1. The highest BCUT2D eigenvalue weighted by atomic mass is 35.5. The van der Waals surface area contributed by atoms with Crippen LogP contribution in [0.4, 0.5) is 5.82 Å². The Morgan fingerprint density at radius 3 is 2.65 bits per heavy atom. The van der Waals surface area contributed by atoms with E-state index in [2.05, 4.69) is 15.0 Å². The van der Waals surface area contributed by atoms with Crippen molar-refractivity contribution in [2.75, 3.05) is 5.73 Å². The molecule has 1 aromatic carbocycles. The zero-order chi connectivity index (χ0) is 11.8. The number of nitrogens with zero attached hydrogens (tertiary/aromatic N) is 2. The van der Waals surface area contributed by atoms with Gasteiger partial charge in [-0.05, 0) is 0 Å². The normalized spacial score (nSPS) is 10.9. The number of aromatic amines is 1. The average molecular weight is 245 g/mol. The fraction of sp³-hybridized carbons (Fsp3) is 0. The maximum atomic E-state index is 6.07. The van der Waals surface area contributed by atoms with E-state index in [1.807, 2.05) is 30.3 Å². The molecule has 2 heterocycles. The maximum absolute atomic E-state index is 6.07. The summed E-state index contributed by atoms with van der Waals surface area (Å²) in [5.74, 6) is 1.11. The number of anilines is 1. The first-order valence-electron chi connectivity index (χ1n) is 5.11. The molecule has 0 spiro atoms. The van der Waals surface area contributed by atoms with Crippen molar-refractivity contribution in [1.82, 2.24) is 15.0 Å². The Hall–Kier alpha value is -2.07. The SMILES string of the molecule is Nc1cc(Cl)c2[nH]c(-c3ccccc3)nc2n1. The van der Waals surface area contributed by atoms with Gasteiger partial charge < -0.3 is 10.7 Å². The Morgan fingerprint density at radius 1 is 1.12 bits per heavy atom. The number of rotatable bonds is 1. The molecule has 3 rings (SSSR count). The molecule has 0 fully saturated rings. The van der Waals surface area contributed by atoms with Crippen molar-refractivity contribution in [3.05, 3.63) is 41.4 Å². The van der Waals surface area contributed by atoms with Crippen molar-refractivity contribution in [2.24, 2.45) is 0 Å². The van der Waals surface area contributed by atoms with Crippen LogP contribution in [0.5, 0.6) is 0 Å². The third-order valence-corrected chi connectivity index (χ3v) is 2.78. The van der Waals surface area contributed by atoms with Crippen molar-refractivity contribution in [3.8, 4) is 11.4 Å². The highest BCUT2D eigenvalue weighted by Crippen LogP contribution is 2.25. The molecular formula is C12H9ClN4. The van der Waals surface area contributed by atoms with E-state index in [9.17, 15) is 0 Å². The van der Waals surface area contributed by atoms with Gasteiger partial charge in [0.15, 0.2) is 5.65 Å². The number of benzene rings is 1. The molecule has 3 N–H and O–H groups in total. The summed E-state index contributed by atoms with van der Waals surface area (Å²) in [6, 6.07) is 11.4. The molecule has 84 valence electrons. The first-order chi connectivity index (χ1) is 8.24. The van der Waals surface area contributed by atoms with Gasteiger partial charge in [-0.3, -0.25) is 0 Å². The van der Waals surface area contributed by atoms with Crippen LogP contribution < -0.4 is 5.73 Å². The van der Waals surface area contributed by atoms with Gasteiger partial charge in [0.1, 0.15) is 17.2 Å². The van der Waals surface area contributed by atoms with Crippen molar-refractivity contribution in [3.63, 3.8) is 0 Å². The van der Waals surface area contributed by atoms with E-state index in [0.717, 1.165) is 11.4 Å². The van der Waals surface area contributed by atoms with Crippen LogP contribution >= 0.6 is 11.6 Å². The van der Waals surface area contributed by atoms with E-state index in [1.54, 1.807) is 6.07 Å². The van der Waals surface area contributed by atoms with Gasteiger partial charge in [0.2, 0.25) is 0 Å². The zero-order valence-electron chi connectivity index (χ0n) is 8.81. The number of nitrogens with two attached hydrogens (primary N) is 1. The lowest BCUT2D eigenvalue weighted by Gasteiger charge is -1.94. The fourth-order valence-electron chi connectivity index (χ4n) is 1.70. The molecule has 2 aromatic heterocycles. The van der Waals surface area contributed by atoms with E-state index < -0.39 is 0 Å². The molecule has 0 aliphatic rings. The topological polar surface area (TPSA) is 67.6 Å². The molecule has 0 bridgehead atoms. The lowest BCUT2D eigenvalue weighted by atomic mass is 10.2. The van der Waals surface area contributed by atoms with Crippen molar-refractivity contribution < 1.29 is 0 Å². The summed E-state index contributed by atoms with van der Waals surface area (Å²) in [4.78, 5) is 11.7. The Bertz CT molecular complexity index is 676.